The predicted octanol–water partition coefficient (Wildman–Crippen LogP) is -1.03. The Hall–Kier alpha value is -1.84. The Morgan fingerprint density at radius 3 is 2.95 bits per heavy atom. The third-order valence-electron chi connectivity index (χ3n) is 3.09. The summed E-state index contributed by atoms with van der Waals surface area (Å²) in [5.41, 5.74) is -0.940. The molecule has 1 aliphatic rings. The normalized spacial score (nSPS) is 27.2. The highest BCUT2D eigenvalue weighted by molar-refractivity contribution is 5.69. The second-order valence-corrected chi connectivity index (χ2v) is 4.32. The SMILES string of the molecule is O=c1ncn(F)c2c1ncn2[C@@H]1O[C@H](CO)C[C@H]1O. The van der Waals surface area contributed by atoms with E-state index in [1.54, 1.807) is 0 Å². The van der Waals surface area contributed by atoms with E-state index in [4.69, 9.17) is 9.84 Å². The monoisotopic (exact) mass is 270 g/mol. The van der Waals surface area contributed by atoms with Crippen LogP contribution in [0.3, 0.4) is 0 Å². The van der Waals surface area contributed by atoms with Crippen LogP contribution in [0.15, 0.2) is 17.4 Å². The van der Waals surface area contributed by atoms with Crippen LogP contribution in [0.5, 0.6) is 0 Å². The molecule has 8 nitrogen and oxygen atoms in total. The Morgan fingerprint density at radius 2 is 2.26 bits per heavy atom. The summed E-state index contributed by atoms with van der Waals surface area (Å²) in [6, 6.07) is 0. The van der Waals surface area contributed by atoms with Crippen molar-refractivity contribution in [1.82, 2.24) is 19.3 Å². The summed E-state index contributed by atoms with van der Waals surface area (Å²) in [5.74, 6) is 0. The van der Waals surface area contributed by atoms with Crippen LogP contribution >= 0.6 is 0 Å². The van der Waals surface area contributed by atoms with E-state index >= 15 is 0 Å². The summed E-state index contributed by atoms with van der Waals surface area (Å²) in [5, 5.41) is 18.9. The molecular weight excluding hydrogens is 259 g/mol. The van der Waals surface area contributed by atoms with Crippen molar-refractivity contribution in [3.8, 4) is 0 Å². The van der Waals surface area contributed by atoms with Gasteiger partial charge in [-0.25, -0.2) is 4.98 Å². The van der Waals surface area contributed by atoms with E-state index in [0.717, 1.165) is 6.33 Å². The molecule has 1 fully saturated rings. The van der Waals surface area contributed by atoms with E-state index < -0.39 is 24.0 Å². The van der Waals surface area contributed by atoms with Crippen LogP contribution in [-0.4, -0.2) is 48.4 Å². The molecule has 0 saturated carbocycles. The summed E-state index contributed by atoms with van der Waals surface area (Å²) in [4.78, 5) is 18.7. The zero-order chi connectivity index (χ0) is 13.6. The van der Waals surface area contributed by atoms with E-state index in [9.17, 15) is 14.4 Å². The first-order chi connectivity index (χ1) is 9.11. The fraction of sp³-hybridized carbons (Fsp3) is 0.500. The number of ether oxygens (including phenoxy) is 1. The summed E-state index contributed by atoms with van der Waals surface area (Å²) in [6.07, 6.45) is -0.184. The molecule has 0 aromatic carbocycles. The Bertz CT molecular complexity index is 669. The van der Waals surface area contributed by atoms with E-state index in [0.29, 0.717) is 0 Å². The number of fused-ring (bicyclic) bond motifs is 1. The number of imidazole rings is 1. The van der Waals surface area contributed by atoms with E-state index in [-0.39, 0.29) is 29.0 Å². The van der Waals surface area contributed by atoms with Gasteiger partial charge in [-0.2, -0.15) is 4.98 Å². The van der Waals surface area contributed by atoms with Gasteiger partial charge in [-0.1, -0.05) is 4.48 Å². The van der Waals surface area contributed by atoms with Crippen molar-refractivity contribution in [2.75, 3.05) is 6.61 Å². The molecule has 0 spiro atoms. The standard InChI is InChI=1S/C10H11FN4O4/c11-15-4-13-8(18)7-9(15)14(3-12-7)10-6(17)1-5(2-16)19-10/h3-6,10,16-17H,1-2H2/t5-,6+,10+/m0/s1. The summed E-state index contributed by atoms with van der Waals surface area (Å²) < 4.78 is 20.3. The number of aliphatic hydroxyl groups excluding tert-OH is 2. The van der Waals surface area contributed by atoms with Gasteiger partial charge >= 0.3 is 5.56 Å². The number of nitrogens with zero attached hydrogens (tertiary/aromatic N) is 4. The van der Waals surface area contributed by atoms with Crippen LogP contribution in [0.4, 0.5) is 4.48 Å². The minimum atomic E-state index is -0.919. The van der Waals surface area contributed by atoms with Crippen molar-refractivity contribution < 1.29 is 19.4 Å². The van der Waals surface area contributed by atoms with Gasteiger partial charge in [0, 0.05) is 6.42 Å². The maximum Gasteiger partial charge on any atom is 0.301 e. The molecule has 0 amide bonds. The van der Waals surface area contributed by atoms with E-state index in [2.05, 4.69) is 9.97 Å². The molecular formula is C10H11FN4O4. The van der Waals surface area contributed by atoms with Gasteiger partial charge in [0.1, 0.15) is 12.4 Å². The van der Waals surface area contributed by atoms with Crippen molar-refractivity contribution in [2.24, 2.45) is 0 Å². The lowest BCUT2D eigenvalue weighted by Crippen LogP contribution is -2.21. The Kier molecular flexibility index (Phi) is 2.81. The topological polar surface area (TPSA) is 102 Å². The molecule has 2 N–H and O–H groups in total. The number of rotatable bonds is 2. The Labute approximate surface area is 105 Å². The molecule has 19 heavy (non-hydrogen) atoms. The molecule has 2 aromatic rings. The molecule has 0 bridgehead atoms. The number of hydrogen-bond donors (Lipinski definition) is 2. The minimum absolute atomic E-state index is 0.136. The molecule has 102 valence electrons. The largest absolute Gasteiger partial charge is 0.394 e. The van der Waals surface area contributed by atoms with Crippen molar-refractivity contribution in [3.05, 3.63) is 23.0 Å². The lowest BCUT2D eigenvalue weighted by atomic mass is 10.2. The lowest BCUT2D eigenvalue weighted by molar-refractivity contribution is -0.0492. The number of halogens is 1. The van der Waals surface area contributed by atoms with Gasteiger partial charge in [0.25, 0.3) is 0 Å². The molecule has 1 aliphatic heterocycles. The van der Waals surface area contributed by atoms with Crippen LogP contribution in [0.25, 0.3) is 11.2 Å². The molecule has 9 heteroatoms. The first kappa shape index (κ1) is 12.2. The summed E-state index contributed by atoms with van der Waals surface area (Å²) in [7, 11) is 0. The molecule has 2 aromatic heterocycles. The lowest BCUT2D eigenvalue weighted by Gasteiger charge is -2.16. The average Bonchev–Trinajstić information content (AvgIpc) is 2.97. The highest BCUT2D eigenvalue weighted by Crippen LogP contribution is 2.30. The smallest absolute Gasteiger partial charge is 0.301 e. The quantitative estimate of drug-likeness (QED) is 0.723. The molecule has 3 heterocycles. The molecule has 3 rings (SSSR count). The van der Waals surface area contributed by atoms with Gasteiger partial charge in [-0.3, -0.25) is 9.36 Å². The van der Waals surface area contributed by atoms with Crippen molar-refractivity contribution in [2.45, 2.75) is 24.9 Å². The number of aliphatic hydroxyl groups is 2. The molecule has 0 unspecified atom stereocenters. The van der Waals surface area contributed by atoms with Crippen molar-refractivity contribution in [3.63, 3.8) is 0 Å². The predicted molar refractivity (Wildman–Crippen MR) is 59.9 cm³/mol. The fourth-order valence-corrected chi connectivity index (χ4v) is 2.22. The number of aromatic nitrogens is 4. The summed E-state index contributed by atoms with van der Waals surface area (Å²) in [6.45, 7) is -0.246. The molecule has 3 atom stereocenters. The zero-order valence-corrected chi connectivity index (χ0v) is 9.68. The van der Waals surface area contributed by atoms with E-state index in [1.165, 1.54) is 10.9 Å². The first-order valence-electron chi connectivity index (χ1n) is 5.66. The van der Waals surface area contributed by atoms with Crippen molar-refractivity contribution in [1.29, 1.82) is 0 Å². The van der Waals surface area contributed by atoms with Gasteiger partial charge < -0.3 is 14.9 Å². The average molecular weight is 270 g/mol. The fourth-order valence-electron chi connectivity index (χ4n) is 2.22. The maximum absolute atomic E-state index is 13.7. The highest BCUT2D eigenvalue weighted by atomic mass is 19.2. The van der Waals surface area contributed by atoms with Crippen LogP contribution in [0.2, 0.25) is 0 Å². The van der Waals surface area contributed by atoms with Gasteiger partial charge in [-0.15, -0.1) is 4.79 Å². The van der Waals surface area contributed by atoms with Gasteiger partial charge in [0.2, 0.25) is 0 Å². The molecule has 0 aliphatic carbocycles. The Balaban J connectivity index is 2.11. The molecule has 1 saturated heterocycles. The second kappa shape index (κ2) is 4.37. The molecule has 0 radical (unpaired) electrons. The van der Waals surface area contributed by atoms with Crippen molar-refractivity contribution >= 4 is 11.2 Å². The van der Waals surface area contributed by atoms with Crippen LogP contribution < -0.4 is 5.56 Å². The zero-order valence-electron chi connectivity index (χ0n) is 9.68. The highest BCUT2D eigenvalue weighted by Gasteiger charge is 2.36. The first-order valence-corrected chi connectivity index (χ1v) is 5.66. The van der Waals surface area contributed by atoms with E-state index in [1.807, 2.05) is 0 Å². The minimum Gasteiger partial charge on any atom is -0.394 e. The van der Waals surface area contributed by atoms with Gasteiger partial charge in [0.15, 0.2) is 17.4 Å². The van der Waals surface area contributed by atoms with Gasteiger partial charge in [0.05, 0.1) is 19.0 Å². The Morgan fingerprint density at radius 1 is 1.47 bits per heavy atom. The van der Waals surface area contributed by atoms with Gasteiger partial charge in [-0.05, 0) is 0 Å². The van der Waals surface area contributed by atoms with Crippen LogP contribution in [0.1, 0.15) is 12.6 Å². The summed E-state index contributed by atoms with van der Waals surface area (Å²) >= 11 is 0. The second-order valence-electron chi connectivity index (χ2n) is 4.32. The maximum atomic E-state index is 13.7. The third-order valence-corrected chi connectivity index (χ3v) is 3.09. The third kappa shape index (κ3) is 1.82. The van der Waals surface area contributed by atoms with Crippen LogP contribution in [0, 0.1) is 0 Å². The number of hydrogen-bond acceptors (Lipinski definition) is 6. The van der Waals surface area contributed by atoms with Crippen LogP contribution in [-0.2, 0) is 4.74 Å².